The third-order valence-electron chi connectivity index (χ3n) is 5.22. The topological polar surface area (TPSA) is 46.3 Å². The summed E-state index contributed by atoms with van der Waals surface area (Å²) >= 11 is 0. The lowest BCUT2D eigenvalue weighted by atomic mass is 9.68. The van der Waals surface area contributed by atoms with Crippen molar-refractivity contribution in [3.8, 4) is 0 Å². The van der Waals surface area contributed by atoms with Crippen molar-refractivity contribution in [3.63, 3.8) is 0 Å². The molecule has 0 heterocycles. The molecule has 3 nitrogen and oxygen atoms in total. The Bertz CT molecular complexity index is 308. The van der Waals surface area contributed by atoms with Gasteiger partial charge in [-0.05, 0) is 31.1 Å². The van der Waals surface area contributed by atoms with Crippen LogP contribution < -0.4 is 5.73 Å². The average molecular weight is 266 g/mol. The lowest BCUT2D eigenvalue weighted by molar-refractivity contribution is -0.143. The van der Waals surface area contributed by atoms with Gasteiger partial charge in [0.15, 0.2) is 0 Å². The van der Waals surface area contributed by atoms with Gasteiger partial charge in [-0.2, -0.15) is 0 Å². The van der Waals surface area contributed by atoms with Crippen molar-refractivity contribution >= 4 is 5.91 Å². The number of nitrogens with zero attached hydrogens (tertiary/aromatic N) is 1. The normalized spacial score (nSPS) is 27.4. The standard InChI is InChI=1S/C16H30N2O/c1-16(2)10-6-5-9-14(16)15(19)18(12-11-17)13-7-3-4-8-13/h13-14H,3-12,17H2,1-2H3. The van der Waals surface area contributed by atoms with Crippen LogP contribution in [0.25, 0.3) is 0 Å². The summed E-state index contributed by atoms with van der Waals surface area (Å²) in [4.78, 5) is 15.1. The molecule has 110 valence electrons. The molecule has 0 radical (unpaired) electrons. The van der Waals surface area contributed by atoms with Crippen molar-refractivity contribution in [2.24, 2.45) is 17.1 Å². The van der Waals surface area contributed by atoms with E-state index in [1.165, 1.54) is 44.9 Å². The summed E-state index contributed by atoms with van der Waals surface area (Å²) in [6.45, 7) is 5.87. The Morgan fingerprint density at radius 1 is 1.16 bits per heavy atom. The first-order valence-corrected chi connectivity index (χ1v) is 8.07. The maximum atomic E-state index is 13.0. The van der Waals surface area contributed by atoms with Crippen LogP contribution >= 0.6 is 0 Å². The van der Waals surface area contributed by atoms with Crippen LogP contribution in [0.2, 0.25) is 0 Å². The SMILES string of the molecule is CC1(C)CCCCC1C(=O)N(CCN)C1CCCC1. The Morgan fingerprint density at radius 2 is 1.79 bits per heavy atom. The van der Waals surface area contributed by atoms with Gasteiger partial charge in [0.25, 0.3) is 0 Å². The zero-order chi connectivity index (χ0) is 13.9. The highest BCUT2D eigenvalue weighted by atomic mass is 16.2. The number of amides is 1. The molecule has 0 aromatic heterocycles. The van der Waals surface area contributed by atoms with Gasteiger partial charge >= 0.3 is 0 Å². The van der Waals surface area contributed by atoms with E-state index in [9.17, 15) is 4.79 Å². The molecule has 0 aromatic carbocycles. The van der Waals surface area contributed by atoms with E-state index >= 15 is 0 Å². The van der Waals surface area contributed by atoms with E-state index in [1.54, 1.807) is 0 Å². The molecule has 3 heteroatoms. The van der Waals surface area contributed by atoms with Gasteiger partial charge in [0, 0.05) is 25.0 Å². The van der Waals surface area contributed by atoms with Crippen LogP contribution in [0.5, 0.6) is 0 Å². The van der Waals surface area contributed by atoms with Gasteiger partial charge in [-0.3, -0.25) is 4.79 Å². The molecule has 2 saturated carbocycles. The smallest absolute Gasteiger partial charge is 0.226 e. The quantitative estimate of drug-likeness (QED) is 0.850. The minimum atomic E-state index is 0.167. The Kier molecular flexibility index (Phi) is 4.88. The summed E-state index contributed by atoms with van der Waals surface area (Å²) in [5.41, 5.74) is 5.91. The van der Waals surface area contributed by atoms with Gasteiger partial charge in [-0.15, -0.1) is 0 Å². The first-order valence-electron chi connectivity index (χ1n) is 8.07. The third kappa shape index (κ3) is 3.31. The van der Waals surface area contributed by atoms with Crippen molar-refractivity contribution in [3.05, 3.63) is 0 Å². The molecule has 0 aromatic rings. The first kappa shape index (κ1) is 14.8. The minimum Gasteiger partial charge on any atom is -0.338 e. The summed E-state index contributed by atoms with van der Waals surface area (Å²) in [6.07, 6.45) is 9.64. The maximum Gasteiger partial charge on any atom is 0.226 e. The molecular weight excluding hydrogens is 236 g/mol. The van der Waals surface area contributed by atoms with Crippen LogP contribution in [0.4, 0.5) is 0 Å². The summed E-state index contributed by atoms with van der Waals surface area (Å²) in [6, 6.07) is 0.466. The van der Waals surface area contributed by atoms with Gasteiger partial charge in [-0.1, -0.05) is 39.5 Å². The molecule has 0 bridgehead atoms. The highest BCUT2D eigenvalue weighted by Gasteiger charge is 2.40. The molecule has 0 saturated heterocycles. The van der Waals surface area contributed by atoms with E-state index in [4.69, 9.17) is 5.73 Å². The van der Waals surface area contributed by atoms with E-state index in [0.717, 1.165) is 13.0 Å². The second kappa shape index (κ2) is 6.25. The Morgan fingerprint density at radius 3 is 2.37 bits per heavy atom. The first-order chi connectivity index (χ1) is 9.06. The number of carbonyl (C=O) groups is 1. The molecule has 1 unspecified atom stereocenters. The highest BCUT2D eigenvalue weighted by molar-refractivity contribution is 5.80. The number of rotatable bonds is 4. The van der Waals surface area contributed by atoms with Crippen molar-refractivity contribution in [1.29, 1.82) is 0 Å². The van der Waals surface area contributed by atoms with E-state index in [-0.39, 0.29) is 11.3 Å². The number of hydrogen-bond acceptors (Lipinski definition) is 2. The lowest BCUT2D eigenvalue weighted by Crippen LogP contribution is -2.49. The molecule has 2 fully saturated rings. The monoisotopic (exact) mass is 266 g/mol. The number of nitrogens with two attached hydrogens (primary N) is 1. The predicted octanol–water partition coefficient (Wildman–Crippen LogP) is 2.93. The molecular formula is C16H30N2O. The van der Waals surface area contributed by atoms with Crippen molar-refractivity contribution < 1.29 is 4.79 Å². The fraction of sp³-hybridized carbons (Fsp3) is 0.938. The Hall–Kier alpha value is -0.570. The fourth-order valence-electron chi connectivity index (χ4n) is 3.98. The molecule has 2 rings (SSSR count). The molecule has 0 spiro atoms. The van der Waals surface area contributed by atoms with Crippen molar-refractivity contribution in [2.45, 2.75) is 71.3 Å². The van der Waals surface area contributed by atoms with Crippen LogP contribution in [0, 0.1) is 11.3 Å². The van der Waals surface area contributed by atoms with E-state index in [2.05, 4.69) is 18.7 Å². The number of hydrogen-bond donors (Lipinski definition) is 1. The summed E-state index contributed by atoms with van der Waals surface area (Å²) < 4.78 is 0. The highest BCUT2D eigenvalue weighted by Crippen LogP contribution is 2.42. The number of carbonyl (C=O) groups excluding carboxylic acids is 1. The molecule has 1 atom stereocenters. The molecule has 0 aliphatic heterocycles. The summed E-state index contributed by atoms with van der Waals surface area (Å²) in [5.74, 6) is 0.607. The van der Waals surface area contributed by atoms with E-state index < -0.39 is 0 Å². The Labute approximate surface area is 117 Å². The van der Waals surface area contributed by atoms with Crippen LogP contribution in [0.1, 0.15) is 65.2 Å². The second-order valence-corrected chi connectivity index (χ2v) is 7.05. The summed E-state index contributed by atoms with van der Waals surface area (Å²) in [7, 11) is 0. The fourth-order valence-corrected chi connectivity index (χ4v) is 3.98. The zero-order valence-electron chi connectivity index (χ0n) is 12.7. The van der Waals surface area contributed by atoms with E-state index in [1.807, 2.05) is 0 Å². The van der Waals surface area contributed by atoms with Crippen LogP contribution in [-0.2, 0) is 4.79 Å². The molecule has 2 aliphatic carbocycles. The maximum absolute atomic E-state index is 13.0. The zero-order valence-corrected chi connectivity index (χ0v) is 12.7. The molecule has 19 heavy (non-hydrogen) atoms. The largest absolute Gasteiger partial charge is 0.338 e. The van der Waals surface area contributed by atoms with Gasteiger partial charge in [0.1, 0.15) is 0 Å². The van der Waals surface area contributed by atoms with Gasteiger partial charge < -0.3 is 10.6 Å². The van der Waals surface area contributed by atoms with E-state index in [0.29, 0.717) is 18.5 Å². The predicted molar refractivity (Wildman–Crippen MR) is 78.8 cm³/mol. The van der Waals surface area contributed by atoms with Gasteiger partial charge in [-0.25, -0.2) is 0 Å². The van der Waals surface area contributed by atoms with Crippen LogP contribution in [-0.4, -0.2) is 29.9 Å². The molecule has 2 aliphatic rings. The lowest BCUT2D eigenvalue weighted by Gasteiger charge is -2.41. The minimum absolute atomic E-state index is 0.167. The third-order valence-corrected chi connectivity index (χ3v) is 5.22. The molecule has 1 amide bonds. The average Bonchev–Trinajstić information content (AvgIpc) is 2.88. The second-order valence-electron chi connectivity index (χ2n) is 7.05. The Balaban J connectivity index is 2.09. The van der Waals surface area contributed by atoms with Crippen molar-refractivity contribution in [2.75, 3.05) is 13.1 Å². The van der Waals surface area contributed by atoms with Crippen molar-refractivity contribution in [1.82, 2.24) is 4.90 Å². The summed E-state index contributed by atoms with van der Waals surface area (Å²) in [5, 5.41) is 0. The van der Waals surface area contributed by atoms with Gasteiger partial charge in [0.2, 0.25) is 5.91 Å². The van der Waals surface area contributed by atoms with Gasteiger partial charge in [0.05, 0.1) is 0 Å². The van der Waals surface area contributed by atoms with Crippen LogP contribution in [0.3, 0.4) is 0 Å². The van der Waals surface area contributed by atoms with Crippen LogP contribution in [0.15, 0.2) is 0 Å². The molecule has 2 N–H and O–H groups in total.